The molecule has 0 spiro atoms. The van der Waals surface area contributed by atoms with Gasteiger partial charge in [0.05, 0.1) is 6.10 Å². The minimum Gasteiger partial charge on any atom is -0.393 e. The molecule has 0 atom stereocenters. The number of aryl methyl sites for hydroxylation is 3. The summed E-state index contributed by atoms with van der Waals surface area (Å²) in [5.74, 6) is 0.0497. The number of likely N-dealkylation sites (tertiary alicyclic amines) is 1. The molecule has 1 amide bonds. The summed E-state index contributed by atoms with van der Waals surface area (Å²) in [5, 5.41) is 13.0. The number of benzene rings is 2. The fraction of sp³-hybridized carbons (Fsp3) is 0.409. The number of nitrogens with one attached hydrogen (secondary N) is 1. The highest BCUT2D eigenvalue weighted by Gasteiger charge is 2.22. The Morgan fingerprint density at radius 1 is 1.08 bits per heavy atom. The largest absolute Gasteiger partial charge is 0.393 e. The summed E-state index contributed by atoms with van der Waals surface area (Å²) in [5.41, 5.74) is 6.92. The van der Waals surface area contributed by atoms with Crippen LogP contribution in [0.3, 0.4) is 0 Å². The SMILES string of the molecule is Cc1cc(C)c(CNc2ccc(C(=O)N3CCC(O)CC3)cc2)c(C)c1. The Bertz CT molecular complexity index is 752. The minimum atomic E-state index is -0.265. The van der Waals surface area contributed by atoms with E-state index in [-0.39, 0.29) is 12.0 Å². The highest BCUT2D eigenvalue weighted by atomic mass is 16.3. The fourth-order valence-electron chi connectivity index (χ4n) is 3.66. The molecule has 4 nitrogen and oxygen atoms in total. The predicted molar refractivity (Wildman–Crippen MR) is 106 cm³/mol. The van der Waals surface area contributed by atoms with E-state index < -0.39 is 0 Å². The molecule has 0 aromatic heterocycles. The third kappa shape index (κ3) is 4.25. The monoisotopic (exact) mass is 352 g/mol. The number of aliphatic hydroxyl groups is 1. The van der Waals surface area contributed by atoms with Crippen molar-refractivity contribution in [1.29, 1.82) is 0 Å². The van der Waals surface area contributed by atoms with Crippen molar-refractivity contribution in [2.75, 3.05) is 18.4 Å². The molecular formula is C22H28N2O2. The molecule has 138 valence electrons. The number of piperidine rings is 1. The normalized spacial score (nSPS) is 15.2. The summed E-state index contributed by atoms with van der Waals surface area (Å²) in [4.78, 5) is 14.4. The van der Waals surface area contributed by atoms with Crippen molar-refractivity contribution < 1.29 is 9.90 Å². The molecule has 4 heteroatoms. The number of hydrogen-bond donors (Lipinski definition) is 2. The Balaban J connectivity index is 1.62. The lowest BCUT2D eigenvalue weighted by Gasteiger charge is -2.29. The number of anilines is 1. The van der Waals surface area contributed by atoms with Gasteiger partial charge in [-0.2, -0.15) is 0 Å². The molecule has 0 radical (unpaired) electrons. The van der Waals surface area contributed by atoms with Gasteiger partial charge in [-0.15, -0.1) is 0 Å². The van der Waals surface area contributed by atoms with Gasteiger partial charge in [-0.05, 0) is 74.6 Å². The van der Waals surface area contributed by atoms with Crippen LogP contribution in [0.15, 0.2) is 36.4 Å². The maximum atomic E-state index is 12.5. The van der Waals surface area contributed by atoms with E-state index in [0.29, 0.717) is 31.5 Å². The zero-order valence-corrected chi connectivity index (χ0v) is 15.9. The number of aliphatic hydroxyl groups excluding tert-OH is 1. The van der Waals surface area contributed by atoms with Gasteiger partial charge in [0.2, 0.25) is 0 Å². The first kappa shape index (κ1) is 18.5. The van der Waals surface area contributed by atoms with E-state index in [2.05, 4.69) is 38.2 Å². The Morgan fingerprint density at radius 3 is 2.23 bits per heavy atom. The number of carbonyl (C=O) groups is 1. The Morgan fingerprint density at radius 2 is 1.65 bits per heavy atom. The van der Waals surface area contributed by atoms with Gasteiger partial charge >= 0.3 is 0 Å². The fourth-order valence-corrected chi connectivity index (χ4v) is 3.66. The van der Waals surface area contributed by atoms with Crippen LogP contribution >= 0.6 is 0 Å². The molecule has 0 unspecified atom stereocenters. The second-order valence-corrected chi connectivity index (χ2v) is 7.33. The van der Waals surface area contributed by atoms with Gasteiger partial charge in [-0.25, -0.2) is 0 Å². The molecule has 1 aliphatic heterocycles. The lowest BCUT2D eigenvalue weighted by Crippen LogP contribution is -2.40. The second kappa shape index (κ2) is 7.92. The van der Waals surface area contributed by atoms with E-state index in [4.69, 9.17) is 0 Å². The average molecular weight is 352 g/mol. The maximum absolute atomic E-state index is 12.5. The molecule has 0 saturated carbocycles. The summed E-state index contributed by atoms with van der Waals surface area (Å²) < 4.78 is 0. The summed E-state index contributed by atoms with van der Waals surface area (Å²) in [6.45, 7) is 8.45. The predicted octanol–water partition coefficient (Wildman–Crippen LogP) is 3.82. The molecule has 26 heavy (non-hydrogen) atoms. The molecule has 1 heterocycles. The van der Waals surface area contributed by atoms with Crippen LogP contribution in [0.5, 0.6) is 0 Å². The van der Waals surface area contributed by atoms with Crippen molar-refractivity contribution in [1.82, 2.24) is 4.90 Å². The van der Waals surface area contributed by atoms with Crippen molar-refractivity contribution in [3.05, 3.63) is 64.2 Å². The van der Waals surface area contributed by atoms with Crippen molar-refractivity contribution in [3.8, 4) is 0 Å². The Kier molecular flexibility index (Phi) is 5.62. The summed E-state index contributed by atoms with van der Waals surface area (Å²) in [6.07, 6.45) is 1.07. The van der Waals surface area contributed by atoms with Crippen molar-refractivity contribution >= 4 is 11.6 Å². The van der Waals surface area contributed by atoms with Crippen LogP contribution in [-0.2, 0) is 6.54 Å². The lowest BCUT2D eigenvalue weighted by molar-refractivity contribution is 0.0546. The van der Waals surface area contributed by atoms with Crippen LogP contribution in [-0.4, -0.2) is 35.1 Å². The van der Waals surface area contributed by atoms with E-state index in [9.17, 15) is 9.90 Å². The smallest absolute Gasteiger partial charge is 0.253 e. The van der Waals surface area contributed by atoms with Crippen LogP contribution in [0.1, 0.15) is 45.5 Å². The molecule has 0 bridgehead atoms. The third-order valence-corrected chi connectivity index (χ3v) is 5.19. The van der Waals surface area contributed by atoms with Gasteiger partial charge in [0.25, 0.3) is 5.91 Å². The average Bonchev–Trinajstić information content (AvgIpc) is 2.61. The van der Waals surface area contributed by atoms with E-state index in [1.165, 1.54) is 22.3 Å². The first-order valence-corrected chi connectivity index (χ1v) is 9.32. The summed E-state index contributed by atoms with van der Waals surface area (Å²) in [7, 11) is 0. The van der Waals surface area contributed by atoms with E-state index in [0.717, 1.165) is 12.2 Å². The molecule has 2 aromatic rings. The van der Waals surface area contributed by atoms with Gasteiger partial charge in [0.1, 0.15) is 0 Å². The zero-order valence-electron chi connectivity index (χ0n) is 15.9. The lowest BCUT2D eigenvalue weighted by atomic mass is 10.00. The molecule has 1 aliphatic rings. The van der Waals surface area contributed by atoms with E-state index in [1.54, 1.807) is 0 Å². The van der Waals surface area contributed by atoms with Gasteiger partial charge in [-0.1, -0.05) is 17.7 Å². The number of carbonyl (C=O) groups excluding carboxylic acids is 1. The first-order chi connectivity index (χ1) is 12.4. The minimum absolute atomic E-state index is 0.0497. The number of hydrogen-bond acceptors (Lipinski definition) is 3. The molecule has 1 saturated heterocycles. The Labute approximate surface area is 155 Å². The van der Waals surface area contributed by atoms with Crippen molar-refractivity contribution in [3.63, 3.8) is 0 Å². The van der Waals surface area contributed by atoms with Crippen LogP contribution in [0, 0.1) is 20.8 Å². The highest BCUT2D eigenvalue weighted by Crippen LogP contribution is 2.19. The van der Waals surface area contributed by atoms with Crippen LogP contribution in [0.2, 0.25) is 0 Å². The number of rotatable bonds is 4. The van der Waals surface area contributed by atoms with Crippen LogP contribution in [0.25, 0.3) is 0 Å². The zero-order chi connectivity index (χ0) is 18.7. The Hall–Kier alpha value is -2.33. The topological polar surface area (TPSA) is 52.6 Å². The molecule has 0 aliphatic carbocycles. The van der Waals surface area contributed by atoms with Gasteiger partial charge < -0.3 is 15.3 Å². The summed E-state index contributed by atoms with van der Waals surface area (Å²) in [6, 6.07) is 12.1. The van der Waals surface area contributed by atoms with E-state index >= 15 is 0 Å². The second-order valence-electron chi connectivity index (χ2n) is 7.33. The quantitative estimate of drug-likeness (QED) is 0.879. The molecular weight excluding hydrogens is 324 g/mol. The van der Waals surface area contributed by atoms with E-state index in [1.807, 2.05) is 29.2 Å². The molecule has 2 N–H and O–H groups in total. The van der Waals surface area contributed by atoms with Crippen molar-refractivity contribution in [2.45, 2.75) is 46.3 Å². The maximum Gasteiger partial charge on any atom is 0.253 e. The number of nitrogens with zero attached hydrogens (tertiary/aromatic N) is 1. The van der Waals surface area contributed by atoms with Gasteiger partial charge in [-0.3, -0.25) is 4.79 Å². The van der Waals surface area contributed by atoms with Gasteiger partial charge in [0.15, 0.2) is 0 Å². The van der Waals surface area contributed by atoms with Gasteiger partial charge in [0, 0.05) is 30.9 Å². The first-order valence-electron chi connectivity index (χ1n) is 9.32. The molecule has 1 fully saturated rings. The third-order valence-electron chi connectivity index (χ3n) is 5.19. The molecule has 2 aromatic carbocycles. The number of amides is 1. The van der Waals surface area contributed by atoms with Crippen LogP contribution in [0.4, 0.5) is 5.69 Å². The molecule has 3 rings (SSSR count). The summed E-state index contributed by atoms with van der Waals surface area (Å²) >= 11 is 0. The van der Waals surface area contributed by atoms with Crippen LogP contribution < -0.4 is 5.32 Å². The highest BCUT2D eigenvalue weighted by molar-refractivity contribution is 5.94. The standard InChI is InChI=1S/C22H28N2O2/c1-15-12-16(2)21(17(3)13-15)14-23-19-6-4-18(5-7-19)22(26)24-10-8-20(25)9-11-24/h4-7,12-13,20,23,25H,8-11,14H2,1-3H3. The van der Waals surface area contributed by atoms with Crippen molar-refractivity contribution in [2.24, 2.45) is 0 Å².